The van der Waals surface area contributed by atoms with Gasteiger partial charge in [0.2, 0.25) is 0 Å². The Labute approximate surface area is 161 Å². The molecular formula is C19H18ClN3O2S. The van der Waals surface area contributed by atoms with Crippen LogP contribution in [-0.2, 0) is 9.53 Å². The summed E-state index contributed by atoms with van der Waals surface area (Å²) in [5, 5.41) is 9.58. The minimum atomic E-state index is -0.398. The number of halogens is 1. The van der Waals surface area contributed by atoms with Crippen LogP contribution in [0, 0.1) is 6.92 Å². The average Bonchev–Trinajstić information content (AvgIpc) is 3.05. The zero-order chi connectivity index (χ0) is 18.7. The highest BCUT2D eigenvalue weighted by atomic mass is 35.5. The van der Waals surface area contributed by atoms with E-state index in [1.54, 1.807) is 6.92 Å². The number of thioether (sulfide) groups is 1. The second-order valence-electron chi connectivity index (χ2n) is 5.72. The van der Waals surface area contributed by atoms with Gasteiger partial charge in [-0.3, -0.25) is 9.36 Å². The zero-order valence-corrected chi connectivity index (χ0v) is 16.2. The van der Waals surface area contributed by atoms with Crippen molar-refractivity contribution in [2.75, 3.05) is 7.11 Å². The number of carbonyl (C=O) groups is 1. The Kier molecular flexibility index (Phi) is 5.64. The van der Waals surface area contributed by atoms with E-state index in [-0.39, 0.29) is 5.97 Å². The Morgan fingerprint density at radius 3 is 2.50 bits per heavy atom. The van der Waals surface area contributed by atoms with E-state index < -0.39 is 5.25 Å². The second-order valence-corrected chi connectivity index (χ2v) is 7.46. The normalized spacial score (nSPS) is 12.0. The number of ether oxygens (including phenoxy) is 1. The molecule has 0 aliphatic rings. The Morgan fingerprint density at radius 1 is 1.15 bits per heavy atom. The molecule has 0 spiro atoms. The number of esters is 1. The number of carbonyl (C=O) groups excluding carboxylic acids is 1. The molecule has 3 aromatic rings. The van der Waals surface area contributed by atoms with Gasteiger partial charge in [-0.15, -0.1) is 10.2 Å². The van der Waals surface area contributed by atoms with Gasteiger partial charge < -0.3 is 4.74 Å². The smallest absolute Gasteiger partial charge is 0.318 e. The van der Waals surface area contributed by atoms with Gasteiger partial charge in [0.1, 0.15) is 5.25 Å². The van der Waals surface area contributed by atoms with Gasteiger partial charge in [0.05, 0.1) is 12.8 Å². The summed E-state index contributed by atoms with van der Waals surface area (Å²) in [6.45, 7) is 3.81. The van der Waals surface area contributed by atoms with Crippen molar-refractivity contribution in [1.82, 2.24) is 14.8 Å². The number of aryl methyl sites for hydroxylation is 1. The Bertz CT molecular complexity index is 925. The fourth-order valence-corrected chi connectivity index (χ4v) is 3.55. The maximum Gasteiger partial charge on any atom is 0.318 e. The molecule has 1 atom stereocenters. The molecule has 3 rings (SSSR count). The molecule has 0 N–H and O–H groups in total. The van der Waals surface area contributed by atoms with E-state index in [9.17, 15) is 4.79 Å². The van der Waals surface area contributed by atoms with Crippen molar-refractivity contribution in [2.45, 2.75) is 24.3 Å². The monoisotopic (exact) mass is 387 g/mol. The van der Waals surface area contributed by atoms with Crippen LogP contribution < -0.4 is 0 Å². The zero-order valence-electron chi connectivity index (χ0n) is 14.6. The van der Waals surface area contributed by atoms with E-state index >= 15 is 0 Å². The quantitative estimate of drug-likeness (QED) is 0.474. The van der Waals surface area contributed by atoms with Gasteiger partial charge in [0.15, 0.2) is 11.0 Å². The molecule has 0 unspecified atom stereocenters. The molecule has 0 aliphatic heterocycles. The third-order valence-electron chi connectivity index (χ3n) is 3.91. The summed E-state index contributed by atoms with van der Waals surface area (Å²) in [6.07, 6.45) is 0. The van der Waals surface area contributed by atoms with Gasteiger partial charge in [-0.1, -0.05) is 41.6 Å². The lowest BCUT2D eigenvalue weighted by molar-refractivity contribution is -0.139. The Balaban J connectivity index is 2.12. The summed E-state index contributed by atoms with van der Waals surface area (Å²) in [4.78, 5) is 11.8. The highest BCUT2D eigenvalue weighted by Gasteiger charge is 2.22. The number of rotatable bonds is 5. The number of hydrogen-bond donors (Lipinski definition) is 0. The summed E-state index contributed by atoms with van der Waals surface area (Å²) in [7, 11) is 1.38. The van der Waals surface area contributed by atoms with E-state index in [0.717, 1.165) is 16.8 Å². The molecule has 1 aromatic heterocycles. The Morgan fingerprint density at radius 2 is 1.85 bits per heavy atom. The molecule has 2 aromatic carbocycles. The number of para-hydroxylation sites is 1. The molecule has 0 amide bonds. The van der Waals surface area contributed by atoms with E-state index in [0.29, 0.717) is 16.0 Å². The van der Waals surface area contributed by atoms with Crippen molar-refractivity contribution in [1.29, 1.82) is 0 Å². The predicted molar refractivity (Wildman–Crippen MR) is 104 cm³/mol. The number of methoxy groups -OCH3 is 1. The highest BCUT2D eigenvalue weighted by molar-refractivity contribution is 8.00. The summed E-state index contributed by atoms with van der Waals surface area (Å²) < 4.78 is 6.79. The molecule has 26 heavy (non-hydrogen) atoms. The van der Waals surface area contributed by atoms with Gasteiger partial charge in [-0.05, 0) is 49.7 Å². The molecule has 0 fully saturated rings. The van der Waals surface area contributed by atoms with Gasteiger partial charge in [-0.2, -0.15) is 0 Å². The first-order valence-corrected chi connectivity index (χ1v) is 9.29. The fourth-order valence-electron chi connectivity index (χ4n) is 2.54. The van der Waals surface area contributed by atoms with Crippen molar-refractivity contribution in [2.24, 2.45) is 0 Å². The van der Waals surface area contributed by atoms with Crippen LogP contribution in [0.1, 0.15) is 12.5 Å². The fraction of sp³-hybridized carbons (Fsp3) is 0.211. The lowest BCUT2D eigenvalue weighted by Crippen LogP contribution is -2.15. The van der Waals surface area contributed by atoms with Crippen LogP contribution in [0.3, 0.4) is 0 Å². The second kappa shape index (κ2) is 7.93. The van der Waals surface area contributed by atoms with Crippen LogP contribution in [0.15, 0.2) is 53.7 Å². The van der Waals surface area contributed by atoms with Gasteiger partial charge in [-0.25, -0.2) is 0 Å². The first-order valence-electron chi connectivity index (χ1n) is 8.03. The molecule has 0 radical (unpaired) electrons. The third kappa shape index (κ3) is 3.76. The maximum atomic E-state index is 11.8. The summed E-state index contributed by atoms with van der Waals surface area (Å²) in [5.41, 5.74) is 2.93. The van der Waals surface area contributed by atoms with Gasteiger partial charge in [0.25, 0.3) is 0 Å². The van der Waals surface area contributed by atoms with Crippen molar-refractivity contribution >= 4 is 29.3 Å². The molecule has 7 heteroatoms. The van der Waals surface area contributed by atoms with Crippen molar-refractivity contribution < 1.29 is 9.53 Å². The average molecular weight is 388 g/mol. The number of hydrogen-bond acceptors (Lipinski definition) is 5. The van der Waals surface area contributed by atoms with Crippen molar-refractivity contribution in [3.63, 3.8) is 0 Å². The maximum absolute atomic E-state index is 11.8. The predicted octanol–water partition coefficient (Wildman–Crippen LogP) is 4.55. The lowest BCUT2D eigenvalue weighted by Gasteiger charge is -2.14. The molecule has 1 heterocycles. The molecule has 134 valence electrons. The highest BCUT2D eigenvalue weighted by Crippen LogP contribution is 2.32. The molecule has 0 aliphatic carbocycles. The molecule has 5 nitrogen and oxygen atoms in total. The minimum absolute atomic E-state index is 0.303. The van der Waals surface area contributed by atoms with E-state index in [4.69, 9.17) is 16.3 Å². The summed E-state index contributed by atoms with van der Waals surface area (Å²) in [6, 6.07) is 15.4. The van der Waals surface area contributed by atoms with E-state index in [1.165, 1.54) is 18.9 Å². The summed E-state index contributed by atoms with van der Waals surface area (Å²) in [5.74, 6) is 0.387. The van der Waals surface area contributed by atoms with Gasteiger partial charge in [0, 0.05) is 10.6 Å². The van der Waals surface area contributed by atoms with E-state index in [1.807, 2.05) is 60.0 Å². The van der Waals surface area contributed by atoms with Crippen LogP contribution in [0.4, 0.5) is 0 Å². The molecular weight excluding hydrogens is 370 g/mol. The number of nitrogens with zero attached hydrogens (tertiary/aromatic N) is 3. The van der Waals surface area contributed by atoms with Crippen molar-refractivity contribution in [3.8, 4) is 17.1 Å². The van der Waals surface area contributed by atoms with Crippen LogP contribution in [0.25, 0.3) is 17.1 Å². The lowest BCUT2D eigenvalue weighted by atomic mass is 10.1. The summed E-state index contributed by atoms with van der Waals surface area (Å²) >= 11 is 7.32. The van der Waals surface area contributed by atoms with Crippen LogP contribution in [0.2, 0.25) is 5.02 Å². The standard InChI is InChI=1S/C19H18ClN3O2S/c1-12-6-4-5-7-16(12)23-17(14-8-10-15(20)11-9-14)21-22-19(23)26-13(2)18(24)25-3/h4-11,13H,1-3H3/t13-/m1/s1. The molecule has 0 saturated carbocycles. The molecule has 0 bridgehead atoms. The number of aromatic nitrogens is 3. The van der Waals surface area contributed by atoms with E-state index in [2.05, 4.69) is 10.2 Å². The first-order chi connectivity index (χ1) is 12.5. The first kappa shape index (κ1) is 18.5. The number of benzene rings is 2. The van der Waals surface area contributed by atoms with Crippen molar-refractivity contribution in [3.05, 3.63) is 59.1 Å². The largest absolute Gasteiger partial charge is 0.468 e. The SMILES string of the molecule is COC(=O)[C@@H](C)Sc1nnc(-c2ccc(Cl)cc2)n1-c1ccccc1C. The minimum Gasteiger partial charge on any atom is -0.468 e. The van der Waals surface area contributed by atoms with Crippen LogP contribution in [0.5, 0.6) is 0 Å². The van der Waals surface area contributed by atoms with Crippen LogP contribution in [-0.4, -0.2) is 33.1 Å². The van der Waals surface area contributed by atoms with Gasteiger partial charge >= 0.3 is 5.97 Å². The third-order valence-corrected chi connectivity index (χ3v) is 5.18. The Hall–Kier alpha value is -2.31. The topological polar surface area (TPSA) is 57.0 Å². The van der Waals surface area contributed by atoms with Crippen LogP contribution >= 0.6 is 23.4 Å². The molecule has 0 saturated heterocycles.